The van der Waals surface area contributed by atoms with E-state index >= 15 is 0 Å². The van der Waals surface area contributed by atoms with E-state index in [1.165, 1.54) is 6.07 Å². The monoisotopic (exact) mass is 272 g/mol. The zero-order valence-electron chi connectivity index (χ0n) is 11.5. The Kier molecular flexibility index (Phi) is 3.49. The second kappa shape index (κ2) is 4.69. The first kappa shape index (κ1) is 14.2. The van der Waals surface area contributed by atoms with Gasteiger partial charge in [0, 0.05) is 18.8 Å². The van der Waals surface area contributed by atoms with Gasteiger partial charge in [-0.15, -0.1) is 0 Å². The van der Waals surface area contributed by atoms with Crippen molar-refractivity contribution in [1.82, 2.24) is 4.98 Å². The van der Waals surface area contributed by atoms with E-state index < -0.39 is 11.7 Å². The summed E-state index contributed by atoms with van der Waals surface area (Å²) < 4.78 is 37.5. The van der Waals surface area contributed by atoms with Crippen molar-refractivity contribution in [3.05, 3.63) is 23.9 Å². The van der Waals surface area contributed by atoms with Crippen molar-refractivity contribution in [1.29, 1.82) is 0 Å². The number of aromatic nitrogens is 1. The van der Waals surface area contributed by atoms with Crippen molar-refractivity contribution in [2.24, 2.45) is 5.41 Å². The lowest BCUT2D eigenvalue weighted by Gasteiger charge is -2.35. The average Bonchev–Trinajstić information content (AvgIpc) is 2.76. The van der Waals surface area contributed by atoms with E-state index in [0.717, 1.165) is 31.6 Å². The third-order valence-corrected chi connectivity index (χ3v) is 3.62. The molecule has 2 nitrogen and oxygen atoms in total. The first-order valence-electron chi connectivity index (χ1n) is 6.49. The normalized spacial score (nSPS) is 20.9. The molecule has 0 amide bonds. The summed E-state index contributed by atoms with van der Waals surface area (Å²) in [6, 6.07) is 2.92. The molecule has 1 saturated heterocycles. The third-order valence-electron chi connectivity index (χ3n) is 3.62. The topological polar surface area (TPSA) is 16.1 Å². The van der Waals surface area contributed by atoms with Gasteiger partial charge in [0.2, 0.25) is 0 Å². The molecule has 0 aliphatic carbocycles. The lowest BCUT2D eigenvalue weighted by molar-refractivity contribution is -0.137. The van der Waals surface area contributed by atoms with Crippen LogP contribution in [0.15, 0.2) is 18.3 Å². The van der Waals surface area contributed by atoms with Gasteiger partial charge < -0.3 is 4.90 Å². The van der Waals surface area contributed by atoms with Gasteiger partial charge in [-0.05, 0) is 30.4 Å². The Morgan fingerprint density at radius 1 is 1.21 bits per heavy atom. The lowest BCUT2D eigenvalue weighted by Crippen LogP contribution is -2.39. The first-order chi connectivity index (χ1) is 8.69. The quantitative estimate of drug-likeness (QED) is 0.764. The largest absolute Gasteiger partial charge is 0.417 e. The molecule has 0 N–H and O–H groups in total. The molecule has 5 heteroatoms. The van der Waals surface area contributed by atoms with Crippen molar-refractivity contribution in [3.63, 3.8) is 0 Å². The third kappa shape index (κ3) is 3.01. The fraction of sp³-hybridized carbons (Fsp3) is 0.643. The molecule has 1 fully saturated rings. The second-order valence-electron chi connectivity index (χ2n) is 6.12. The molecule has 0 radical (unpaired) electrons. The van der Waals surface area contributed by atoms with Crippen LogP contribution in [0.25, 0.3) is 0 Å². The van der Waals surface area contributed by atoms with Crippen LogP contribution in [0.3, 0.4) is 0 Å². The Morgan fingerprint density at radius 3 is 2.37 bits per heavy atom. The minimum atomic E-state index is -4.32. The summed E-state index contributed by atoms with van der Waals surface area (Å²) in [6.07, 6.45) is -1.27. The predicted octanol–water partition coefficient (Wildman–Crippen LogP) is 4.12. The van der Waals surface area contributed by atoms with E-state index in [2.05, 4.69) is 30.7 Å². The van der Waals surface area contributed by atoms with E-state index in [9.17, 15) is 13.2 Å². The molecule has 1 aromatic heterocycles. The smallest absolute Gasteiger partial charge is 0.353 e. The van der Waals surface area contributed by atoms with Gasteiger partial charge >= 0.3 is 6.18 Å². The standard InChI is InChI=1S/C14H19F3N2/c1-13(2,3)11-5-4-8-19(11)12-7-6-10(9-18-12)14(15,16)17/h6-7,9,11H,4-5,8H2,1-3H3. The van der Waals surface area contributed by atoms with Crippen LogP contribution in [0, 0.1) is 5.41 Å². The Balaban J connectivity index is 2.23. The molecular weight excluding hydrogens is 253 g/mol. The summed E-state index contributed by atoms with van der Waals surface area (Å²) in [7, 11) is 0. The zero-order chi connectivity index (χ0) is 14.3. The fourth-order valence-electron chi connectivity index (χ4n) is 2.67. The predicted molar refractivity (Wildman–Crippen MR) is 69.1 cm³/mol. The maximum Gasteiger partial charge on any atom is 0.417 e. The molecule has 0 bridgehead atoms. The Morgan fingerprint density at radius 2 is 1.89 bits per heavy atom. The molecule has 106 valence electrons. The van der Waals surface area contributed by atoms with Gasteiger partial charge in [0.25, 0.3) is 0 Å². The number of alkyl halides is 3. The molecule has 19 heavy (non-hydrogen) atoms. The lowest BCUT2D eigenvalue weighted by atomic mass is 9.85. The highest BCUT2D eigenvalue weighted by molar-refractivity contribution is 5.42. The van der Waals surface area contributed by atoms with E-state index in [1.54, 1.807) is 0 Å². The van der Waals surface area contributed by atoms with Gasteiger partial charge in [-0.25, -0.2) is 4.98 Å². The number of hydrogen-bond acceptors (Lipinski definition) is 2. The second-order valence-corrected chi connectivity index (χ2v) is 6.12. The number of pyridine rings is 1. The van der Waals surface area contributed by atoms with Crippen molar-refractivity contribution in [2.45, 2.75) is 45.8 Å². The summed E-state index contributed by atoms with van der Waals surface area (Å²) in [5, 5.41) is 0. The fourth-order valence-corrected chi connectivity index (χ4v) is 2.67. The summed E-state index contributed by atoms with van der Waals surface area (Å²) in [5.74, 6) is 0.644. The summed E-state index contributed by atoms with van der Waals surface area (Å²) >= 11 is 0. The van der Waals surface area contributed by atoms with Gasteiger partial charge in [0.05, 0.1) is 5.56 Å². The number of nitrogens with zero attached hydrogens (tertiary/aromatic N) is 2. The van der Waals surface area contributed by atoms with Gasteiger partial charge in [-0.3, -0.25) is 0 Å². The Labute approximate surface area is 111 Å². The van der Waals surface area contributed by atoms with Crippen LogP contribution in [0.1, 0.15) is 39.2 Å². The van der Waals surface area contributed by atoms with Crippen molar-refractivity contribution in [2.75, 3.05) is 11.4 Å². The van der Waals surface area contributed by atoms with Crippen molar-refractivity contribution >= 4 is 5.82 Å². The Hall–Kier alpha value is -1.26. The number of hydrogen-bond donors (Lipinski definition) is 0. The SMILES string of the molecule is CC(C)(C)C1CCCN1c1ccc(C(F)(F)F)cn1. The summed E-state index contributed by atoms with van der Waals surface area (Å²) in [6.45, 7) is 7.32. The maximum absolute atomic E-state index is 12.5. The average molecular weight is 272 g/mol. The van der Waals surface area contributed by atoms with Crippen LogP contribution < -0.4 is 4.90 Å². The zero-order valence-corrected chi connectivity index (χ0v) is 11.5. The maximum atomic E-state index is 12.5. The minimum absolute atomic E-state index is 0.0981. The summed E-state index contributed by atoms with van der Waals surface area (Å²) in [5.41, 5.74) is -0.594. The molecule has 0 spiro atoms. The van der Waals surface area contributed by atoms with E-state index in [0.29, 0.717) is 11.9 Å². The Bertz CT molecular complexity index is 431. The molecule has 1 aliphatic heterocycles. The molecule has 1 aliphatic rings. The van der Waals surface area contributed by atoms with Crippen molar-refractivity contribution < 1.29 is 13.2 Å². The number of halogens is 3. The molecule has 1 aromatic rings. The molecule has 1 atom stereocenters. The molecular formula is C14H19F3N2. The van der Waals surface area contributed by atoms with Gasteiger partial charge in [0.15, 0.2) is 0 Å². The summed E-state index contributed by atoms with van der Waals surface area (Å²) in [4.78, 5) is 6.12. The van der Waals surface area contributed by atoms with Crippen LogP contribution in [0.4, 0.5) is 19.0 Å². The number of anilines is 1. The highest BCUT2D eigenvalue weighted by Crippen LogP contribution is 2.36. The van der Waals surface area contributed by atoms with Gasteiger partial charge in [-0.2, -0.15) is 13.2 Å². The van der Waals surface area contributed by atoms with Crippen LogP contribution in [-0.4, -0.2) is 17.6 Å². The van der Waals surface area contributed by atoms with Gasteiger partial charge in [-0.1, -0.05) is 20.8 Å². The van der Waals surface area contributed by atoms with Crippen LogP contribution in [-0.2, 0) is 6.18 Å². The molecule has 0 saturated carbocycles. The van der Waals surface area contributed by atoms with E-state index in [1.807, 2.05) is 0 Å². The van der Waals surface area contributed by atoms with E-state index in [-0.39, 0.29) is 5.41 Å². The highest BCUT2D eigenvalue weighted by Gasteiger charge is 2.35. The van der Waals surface area contributed by atoms with Crippen LogP contribution in [0.2, 0.25) is 0 Å². The molecule has 2 rings (SSSR count). The van der Waals surface area contributed by atoms with Gasteiger partial charge in [0.1, 0.15) is 5.82 Å². The number of rotatable bonds is 1. The molecule has 1 unspecified atom stereocenters. The van der Waals surface area contributed by atoms with Crippen LogP contribution in [0.5, 0.6) is 0 Å². The minimum Gasteiger partial charge on any atom is -0.353 e. The van der Waals surface area contributed by atoms with Crippen LogP contribution >= 0.6 is 0 Å². The first-order valence-corrected chi connectivity index (χ1v) is 6.49. The van der Waals surface area contributed by atoms with E-state index in [4.69, 9.17) is 0 Å². The highest BCUT2D eigenvalue weighted by atomic mass is 19.4. The molecule has 0 aromatic carbocycles. The van der Waals surface area contributed by atoms with Crippen molar-refractivity contribution in [3.8, 4) is 0 Å². The molecule has 2 heterocycles.